The zero-order valence-corrected chi connectivity index (χ0v) is 11.2. The SMILES string of the molecule is CN(C)CCNC(C(N)=O)c1ccc2c(c1)OCO2. The summed E-state index contributed by atoms with van der Waals surface area (Å²) in [7, 11) is 3.95. The van der Waals surface area contributed by atoms with E-state index in [1.165, 1.54) is 0 Å². The smallest absolute Gasteiger partial charge is 0.239 e. The van der Waals surface area contributed by atoms with Crippen LogP contribution in [0.3, 0.4) is 0 Å². The summed E-state index contributed by atoms with van der Waals surface area (Å²) < 4.78 is 10.5. The molecule has 1 amide bonds. The molecule has 1 atom stereocenters. The lowest BCUT2D eigenvalue weighted by Crippen LogP contribution is -2.37. The van der Waals surface area contributed by atoms with Gasteiger partial charge in [0.2, 0.25) is 12.7 Å². The van der Waals surface area contributed by atoms with Gasteiger partial charge < -0.3 is 25.4 Å². The van der Waals surface area contributed by atoms with Crippen molar-refractivity contribution in [2.24, 2.45) is 5.73 Å². The fourth-order valence-corrected chi connectivity index (χ4v) is 1.91. The Kier molecular flexibility index (Phi) is 4.24. The molecule has 104 valence electrons. The Bertz CT molecular complexity index is 462. The van der Waals surface area contributed by atoms with Crippen LogP contribution in [0, 0.1) is 0 Å². The van der Waals surface area contributed by atoms with E-state index in [0.29, 0.717) is 18.0 Å². The molecule has 0 aliphatic carbocycles. The molecule has 0 spiro atoms. The lowest BCUT2D eigenvalue weighted by Gasteiger charge is -2.18. The number of carbonyl (C=O) groups is 1. The first-order valence-corrected chi connectivity index (χ1v) is 6.15. The van der Waals surface area contributed by atoms with Gasteiger partial charge in [-0.25, -0.2) is 0 Å². The van der Waals surface area contributed by atoms with E-state index in [-0.39, 0.29) is 6.79 Å². The molecule has 0 aromatic heterocycles. The number of amides is 1. The molecule has 3 N–H and O–H groups in total. The molecule has 1 aromatic rings. The second kappa shape index (κ2) is 5.90. The van der Waals surface area contributed by atoms with E-state index in [1.807, 2.05) is 25.1 Å². The quantitative estimate of drug-likeness (QED) is 0.762. The summed E-state index contributed by atoms with van der Waals surface area (Å²) in [6, 6.07) is 4.89. The first kappa shape index (κ1) is 13.6. The van der Waals surface area contributed by atoms with E-state index in [0.717, 1.165) is 12.1 Å². The molecule has 1 aromatic carbocycles. The highest BCUT2D eigenvalue weighted by Crippen LogP contribution is 2.34. The number of nitrogens with one attached hydrogen (secondary N) is 1. The van der Waals surface area contributed by atoms with Gasteiger partial charge in [0, 0.05) is 13.1 Å². The van der Waals surface area contributed by atoms with Crippen LogP contribution in [0.2, 0.25) is 0 Å². The molecule has 0 bridgehead atoms. The van der Waals surface area contributed by atoms with Crippen LogP contribution in [-0.2, 0) is 4.79 Å². The third kappa shape index (κ3) is 3.36. The zero-order valence-electron chi connectivity index (χ0n) is 11.2. The minimum atomic E-state index is -0.519. The topological polar surface area (TPSA) is 76.8 Å². The van der Waals surface area contributed by atoms with E-state index >= 15 is 0 Å². The van der Waals surface area contributed by atoms with Crippen LogP contribution < -0.4 is 20.5 Å². The molecule has 2 rings (SSSR count). The van der Waals surface area contributed by atoms with Crippen molar-refractivity contribution in [2.75, 3.05) is 34.0 Å². The van der Waals surface area contributed by atoms with Gasteiger partial charge in [-0.1, -0.05) is 6.07 Å². The van der Waals surface area contributed by atoms with Crippen LogP contribution in [0.1, 0.15) is 11.6 Å². The maximum Gasteiger partial charge on any atom is 0.239 e. The minimum Gasteiger partial charge on any atom is -0.454 e. The van der Waals surface area contributed by atoms with E-state index in [1.54, 1.807) is 12.1 Å². The molecule has 6 heteroatoms. The van der Waals surface area contributed by atoms with Crippen molar-refractivity contribution in [1.29, 1.82) is 0 Å². The van der Waals surface area contributed by atoms with Crippen LogP contribution in [0.25, 0.3) is 0 Å². The van der Waals surface area contributed by atoms with Crippen LogP contribution >= 0.6 is 0 Å². The van der Waals surface area contributed by atoms with E-state index in [9.17, 15) is 4.79 Å². The van der Waals surface area contributed by atoms with Gasteiger partial charge in [0.25, 0.3) is 0 Å². The molecule has 0 radical (unpaired) electrons. The monoisotopic (exact) mass is 265 g/mol. The van der Waals surface area contributed by atoms with Crippen LogP contribution in [0.4, 0.5) is 0 Å². The highest BCUT2D eigenvalue weighted by atomic mass is 16.7. The number of benzene rings is 1. The number of ether oxygens (including phenoxy) is 2. The fourth-order valence-electron chi connectivity index (χ4n) is 1.91. The molecule has 1 aliphatic heterocycles. The number of nitrogens with zero attached hydrogens (tertiary/aromatic N) is 1. The highest BCUT2D eigenvalue weighted by molar-refractivity contribution is 5.81. The van der Waals surface area contributed by atoms with Crippen molar-refractivity contribution in [2.45, 2.75) is 6.04 Å². The van der Waals surface area contributed by atoms with Gasteiger partial charge in [-0.3, -0.25) is 4.79 Å². The third-order valence-electron chi connectivity index (χ3n) is 2.92. The lowest BCUT2D eigenvalue weighted by molar-refractivity contribution is -0.120. The molecule has 0 saturated heterocycles. The summed E-state index contributed by atoms with van der Waals surface area (Å²) in [6.07, 6.45) is 0. The molecule has 0 saturated carbocycles. The molecule has 1 aliphatic rings. The second-order valence-electron chi connectivity index (χ2n) is 4.71. The standard InChI is InChI=1S/C13H19N3O3/c1-16(2)6-5-15-12(13(14)17)9-3-4-10-11(7-9)19-8-18-10/h3-4,7,12,15H,5-6,8H2,1-2H3,(H2,14,17). The fraction of sp³-hybridized carbons (Fsp3) is 0.462. The van der Waals surface area contributed by atoms with Crippen molar-refractivity contribution >= 4 is 5.91 Å². The van der Waals surface area contributed by atoms with Crippen molar-refractivity contribution < 1.29 is 14.3 Å². The number of likely N-dealkylation sites (N-methyl/N-ethyl adjacent to an activating group) is 1. The second-order valence-corrected chi connectivity index (χ2v) is 4.71. The normalized spacial score (nSPS) is 14.7. The Balaban J connectivity index is 2.08. The van der Waals surface area contributed by atoms with Gasteiger partial charge in [0.05, 0.1) is 0 Å². The summed E-state index contributed by atoms with van der Waals surface area (Å²) in [5.74, 6) is 0.941. The van der Waals surface area contributed by atoms with Crippen molar-refractivity contribution in [3.05, 3.63) is 23.8 Å². The van der Waals surface area contributed by atoms with E-state index in [2.05, 4.69) is 5.32 Å². The Morgan fingerprint density at radius 3 is 2.84 bits per heavy atom. The molecular weight excluding hydrogens is 246 g/mol. The lowest BCUT2D eigenvalue weighted by atomic mass is 10.1. The van der Waals surface area contributed by atoms with Gasteiger partial charge in [-0.15, -0.1) is 0 Å². The van der Waals surface area contributed by atoms with Crippen molar-refractivity contribution in [3.8, 4) is 11.5 Å². The van der Waals surface area contributed by atoms with Crippen molar-refractivity contribution in [3.63, 3.8) is 0 Å². The van der Waals surface area contributed by atoms with E-state index in [4.69, 9.17) is 15.2 Å². The number of nitrogens with two attached hydrogens (primary N) is 1. The average Bonchev–Trinajstić information content (AvgIpc) is 2.80. The highest BCUT2D eigenvalue weighted by Gasteiger charge is 2.21. The Labute approximate surface area is 112 Å². The maximum atomic E-state index is 11.5. The molecule has 0 fully saturated rings. The first-order valence-electron chi connectivity index (χ1n) is 6.15. The maximum absolute atomic E-state index is 11.5. The van der Waals surface area contributed by atoms with Gasteiger partial charge in [-0.2, -0.15) is 0 Å². The van der Waals surface area contributed by atoms with Crippen LogP contribution in [0.5, 0.6) is 11.5 Å². The van der Waals surface area contributed by atoms with Crippen molar-refractivity contribution in [1.82, 2.24) is 10.2 Å². The van der Waals surface area contributed by atoms with Crippen LogP contribution in [0.15, 0.2) is 18.2 Å². The van der Waals surface area contributed by atoms with Crippen LogP contribution in [-0.4, -0.2) is 44.8 Å². The molecule has 1 unspecified atom stereocenters. The summed E-state index contributed by atoms with van der Waals surface area (Å²) in [6.45, 7) is 1.72. The predicted molar refractivity (Wildman–Crippen MR) is 71.1 cm³/mol. The number of primary amides is 1. The molecular formula is C13H19N3O3. The Hall–Kier alpha value is -1.79. The average molecular weight is 265 g/mol. The largest absolute Gasteiger partial charge is 0.454 e. The number of hydrogen-bond donors (Lipinski definition) is 2. The predicted octanol–water partition coefficient (Wildman–Crippen LogP) is 0.0929. The summed E-state index contributed by atoms with van der Waals surface area (Å²) in [5, 5.41) is 3.15. The summed E-state index contributed by atoms with van der Waals surface area (Å²) in [4.78, 5) is 13.6. The Morgan fingerprint density at radius 2 is 2.16 bits per heavy atom. The Morgan fingerprint density at radius 1 is 1.42 bits per heavy atom. The first-order chi connectivity index (χ1) is 9.08. The molecule has 1 heterocycles. The van der Waals surface area contributed by atoms with Gasteiger partial charge in [0.1, 0.15) is 6.04 Å². The summed E-state index contributed by atoms with van der Waals surface area (Å²) >= 11 is 0. The summed E-state index contributed by atoms with van der Waals surface area (Å²) in [5.41, 5.74) is 6.23. The number of carbonyl (C=O) groups excluding carboxylic acids is 1. The number of fused-ring (bicyclic) bond motifs is 1. The van der Waals surface area contributed by atoms with E-state index < -0.39 is 11.9 Å². The van der Waals surface area contributed by atoms with Gasteiger partial charge >= 0.3 is 0 Å². The number of rotatable bonds is 6. The minimum absolute atomic E-state index is 0.216. The number of hydrogen-bond acceptors (Lipinski definition) is 5. The molecule has 19 heavy (non-hydrogen) atoms. The van der Waals surface area contributed by atoms with Gasteiger partial charge in [0.15, 0.2) is 11.5 Å². The zero-order chi connectivity index (χ0) is 13.8. The third-order valence-corrected chi connectivity index (χ3v) is 2.92. The molecule has 6 nitrogen and oxygen atoms in total. The van der Waals surface area contributed by atoms with Gasteiger partial charge in [-0.05, 0) is 31.8 Å².